The highest BCUT2D eigenvalue weighted by atomic mass is 32.1. The number of nitrogen functional groups attached to an aromatic ring is 1. The molecule has 0 aliphatic carbocycles. The summed E-state index contributed by atoms with van der Waals surface area (Å²) in [5, 5.41) is 0.922. The molecular formula is C10H16N4OS. The van der Waals surface area contributed by atoms with E-state index in [0.717, 1.165) is 24.1 Å². The number of piperidine rings is 1. The fraction of sp³-hybridized carbons (Fsp3) is 0.600. The number of hydrazine groups is 1. The first-order valence-corrected chi connectivity index (χ1v) is 6.24. The van der Waals surface area contributed by atoms with Gasteiger partial charge in [0.05, 0.1) is 6.20 Å². The van der Waals surface area contributed by atoms with E-state index in [-0.39, 0.29) is 5.91 Å². The van der Waals surface area contributed by atoms with Crippen LogP contribution >= 0.6 is 11.3 Å². The van der Waals surface area contributed by atoms with Crippen LogP contribution in [0.1, 0.15) is 29.4 Å². The zero-order valence-electron chi connectivity index (χ0n) is 9.27. The number of carbonyl (C=O) groups excluding carboxylic acids is 1. The Balaban J connectivity index is 2.04. The van der Waals surface area contributed by atoms with Crippen molar-refractivity contribution >= 4 is 22.4 Å². The second kappa shape index (κ2) is 4.80. The summed E-state index contributed by atoms with van der Waals surface area (Å²) in [6, 6.07) is 0. The quantitative estimate of drug-likeness (QED) is 0.459. The van der Waals surface area contributed by atoms with Crippen LogP contribution in [0.2, 0.25) is 0 Å². The van der Waals surface area contributed by atoms with Gasteiger partial charge in [0.2, 0.25) is 0 Å². The average Bonchev–Trinajstić information content (AvgIpc) is 2.78. The van der Waals surface area contributed by atoms with Crippen LogP contribution < -0.4 is 16.2 Å². The fourth-order valence-corrected chi connectivity index (χ4v) is 2.66. The first-order chi connectivity index (χ1) is 7.70. The maximum atomic E-state index is 11.3. The predicted molar refractivity (Wildman–Crippen MR) is 64.4 cm³/mol. The summed E-state index contributed by atoms with van der Waals surface area (Å²) in [4.78, 5) is 18.3. The van der Waals surface area contributed by atoms with Gasteiger partial charge in [0, 0.05) is 13.1 Å². The lowest BCUT2D eigenvalue weighted by atomic mass is 10.00. The normalized spacial score (nSPS) is 17.5. The number of aromatic nitrogens is 1. The summed E-state index contributed by atoms with van der Waals surface area (Å²) in [6.07, 6.45) is 3.97. The molecular weight excluding hydrogens is 224 g/mol. The number of amides is 1. The molecule has 1 aliphatic heterocycles. The van der Waals surface area contributed by atoms with Crippen LogP contribution in [0.15, 0.2) is 6.20 Å². The molecule has 0 radical (unpaired) electrons. The Hall–Kier alpha value is -1.14. The van der Waals surface area contributed by atoms with Gasteiger partial charge in [0.15, 0.2) is 5.13 Å². The number of thiazole rings is 1. The molecule has 1 aromatic heterocycles. The van der Waals surface area contributed by atoms with Crippen LogP contribution in [0.3, 0.4) is 0 Å². The molecule has 3 N–H and O–H groups in total. The van der Waals surface area contributed by atoms with E-state index in [1.807, 2.05) is 0 Å². The average molecular weight is 240 g/mol. The van der Waals surface area contributed by atoms with Gasteiger partial charge < -0.3 is 4.90 Å². The van der Waals surface area contributed by atoms with Gasteiger partial charge in [0.25, 0.3) is 5.91 Å². The van der Waals surface area contributed by atoms with Crippen molar-refractivity contribution in [2.24, 2.45) is 11.8 Å². The molecule has 2 heterocycles. The maximum absolute atomic E-state index is 11.3. The Labute approximate surface area is 98.6 Å². The molecule has 0 unspecified atom stereocenters. The topological polar surface area (TPSA) is 71.2 Å². The lowest BCUT2D eigenvalue weighted by molar-refractivity contribution is 0.0957. The molecule has 1 amide bonds. The molecule has 1 fully saturated rings. The summed E-state index contributed by atoms with van der Waals surface area (Å²) in [7, 11) is 0. The highest BCUT2D eigenvalue weighted by molar-refractivity contribution is 7.17. The van der Waals surface area contributed by atoms with Gasteiger partial charge in [0.1, 0.15) is 4.88 Å². The van der Waals surface area contributed by atoms with Crippen molar-refractivity contribution in [1.82, 2.24) is 10.4 Å². The second-order valence-electron chi connectivity index (χ2n) is 4.15. The van der Waals surface area contributed by atoms with Crippen molar-refractivity contribution in [3.8, 4) is 0 Å². The summed E-state index contributed by atoms with van der Waals surface area (Å²) in [5.74, 6) is 5.60. The third-order valence-electron chi connectivity index (χ3n) is 2.90. The van der Waals surface area contributed by atoms with Crippen LogP contribution in [0, 0.1) is 5.92 Å². The number of anilines is 1. The van der Waals surface area contributed by atoms with Crippen LogP contribution in [-0.2, 0) is 0 Å². The molecule has 0 bridgehead atoms. The largest absolute Gasteiger partial charge is 0.348 e. The van der Waals surface area contributed by atoms with E-state index in [1.54, 1.807) is 6.20 Å². The standard InChI is InChI=1S/C10H16N4OS/c1-7-2-4-14(5-3-7)10-12-6-8(16-10)9(15)13-11/h6-7H,2-5,11H2,1H3,(H,13,15). The minimum atomic E-state index is -0.269. The van der Waals surface area contributed by atoms with Crippen LogP contribution in [0.4, 0.5) is 5.13 Å². The van der Waals surface area contributed by atoms with Crippen LogP contribution in [0.5, 0.6) is 0 Å². The van der Waals surface area contributed by atoms with E-state index in [9.17, 15) is 4.79 Å². The van der Waals surface area contributed by atoms with Gasteiger partial charge in [-0.2, -0.15) is 0 Å². The highest BCUT2D eigenvalue weighted by Crippen LogP contribution is 2.26. The maximum Gasteiger partial charge on any atom is 0.276 e. The van der Waals surface area contributed by atoms with Gasteiger partial charge >= 0.3 is 0 Å². The fourth-order valence-electron chi connectivity index (χ4n) is 1.79. The van der Waals surface area contributed by atoms with Crippen molar-refractivity contribution in [3.63, 3.8) is 0 Å². The SMILES string of the molecule is CC1CCN(c2ncc(C(=O)NN)s2)CC1. The van der Waals surface area contributed by atoms with E-state index >= 15 is 0 Å². The van der Waals surface area contributed by atoms with Crippen LogP contribution in [-0.4, -0.2) is 24.0 Å². The number of rotatable bonds is 2. The molecule has 6 heteroatoms. The first-order valence-electron chi connectivity index (χ1n) is 5.42. The van der Waals surface area contributed by atoms with Crippen molar-refractivity contribution < 1.29 is 4.79 Å². The minimum Gasteiger partial charge on any atom is -0.348 e. The highest BCUT2D eigenvalue weighted by Gasteiger charge is 2.19. The third-order valence-corrected chi connectivity index (χ3v) is 3.96. The van der Waals surface area contributed by atoms with E-state index in [2.05, 4.69) is 22.2 Å². The summed E-state index contributed by atoms with van der Waals surface area (Å²) < 4.78 is 0. The molecule has 1 saturated heterocycles. The number of carbonyl (C=O) groups is 1. The first kappa shape index (κ1) is 11.3. The molecule has 1 aromatic rings. The van der Waals surface area contributed by atoms with Crippen molar-refractivity contribution in [2.45, 2.75) is 19.8 Å². The Morgan fingerprint density at radius 3 is 2.94 bits per heavy atom. The zero-order chi connectivity index (χ0) is 11.5. The predicted octanol–water partition coefficient (Wildman–Crippen LogP) is 0.983. The molecule has 16 heavy (non-hydrogen) atoms. The Morgan fingerprint density at radius 1 is 1.62 bits per heavy atom. The number of hydrogen-bond acceptors (Lipinski definition) is 5. The molecule has 1 aliphatic rings. The molecule has 0 saturated carbocycles. The van der Waals surface area contributed by atoms with E-state index in [4.69, 9.17) is 5.84 Å². The Bertz CT molecular complexity index is 371. The van der Waals surface area contributed by atoms with Crippen molar-refractivity contribution in [1.29, 1.82) is 0 Å². The number of nitrogens with one attached hydrogen (secondary N) is 1. The molecule has 0 spiro atoms. The van der Waals surface area contributed by atoms with Gasteiger partial charge in [-0.3, -0.25) is 10.2 Å². The smallest absolute Gasteiger partial charge is 0.276 e. The van der Waals surface area contributed by atoms with E-state index in [0.29, 0.717) is 4.88 Å². The van der Waals surface area contributed by atoms with E-state index < -0.39 is 0 Å². The minimum absolute atomic E-state index is 0.269. The molecule has 0 atom stereocenters. The van der Waals surface area contributed by atoms with Crippen LogP contribution in [0.25, 0.3) is 0 Å². The van der Waals surface area contributed by atoms with Gasteiger partial charge in [-0.1, -0.05) is 18.3 Å². The lowest BCUT2D eigenvalue weighted by Gasteiger charge is -2.29. The van der Waals surface area contributed by atoms with Crippen molar-refractivity contribution in [3.05, 3.63) is 11.1 Å². The second-order valence-corrected chi connectivity index (χ2v) is 5.16. The Morgan fingerprint density at radius 2 is 2.31 bits per heavy atom. The molecule has 88 valence electrons. The number of nitrogens with two attached hydrogens (primary N) is 1. The lowest BCUT2D eigenvalue weighted by Crippen LogP contribution is -2.32. The van der Waals surface area contributed by atoms with Gasteiger partial charge in [-0.15, -0.1) is 0 Å². The number of nitrogens with zero attached hydrogens (tertiary/aromatic N) is 2. The number of hydrogen-bond donors (Lipinski definition) is 2. The van der Waals surface area contributed by atoms with Gasteiger partial charge in [-0.25, -0.2) is 10.8 Å². The van der Waals surface area contributed by atoms with E-state index in [1.165, 1.54) is 24.2 Å². The monoisotopic (exact) mass is 240 g/mol. The zero-order valence-corrected chi connectivity index (χ0v) is 10.1. The summed E-state index contributed by atoms with van der Waals surface area (Å²) in [5.41, 5.74) is 2.12. The molecule has 0 aromatic carbocycles. The summed E-state index contributed by atoms with van der Waals surface area (Å²) >= 11 is 1.40. The third kappa shape index (κ3) is 2.33. The Kier molecular flexibility index (Phi) is 3.40. The summed E-state index contributed by atoms with van der Waals surface area (Å²) in [6.45, 7) is 4.32. The van der Waals surface area contributed by atoms with Crippen molar-refractivity contribution in [2.75, 3.05) is 18.0 Å². The molecule has 2 rings (SSSR count). The molecule has 5 nitrogen and oxygen atoms in total. The van der Waals surface area contributed by atoms with Gasteiger partial charge in [-0.05, 0) is 18.8 Å².